The summed E-state index contributed by atoms with van der Waals surface area (Å²) in [4.78, 5) is 13.5. The Kier molecular flexibility index (Phi) is 5.27. The normalized spacial score (nSPS) is 19.4. The lowest BCUT2D eigenvalue weighted by Crippen LogP contribution is -2.62. The van der Waals surface area contributed by atoms with Crippen molar-refractivity contribution < 1.29 is 4.79 Å². The molecule has 4 rings (SSSR count). The number of nitrogens with zero attached hydrogens (tertiary/aromatic N) is 1. The van der Waals surface area contributed by atoms with E-state index < -0.39 is 5.54 Å². The summed E-state index contributed by atoms with van der Waals surface area (Å²) in [6.07, 6.45) is 0.870. The molecular weight excluding hydrogens is 370 g/mol. The number of carbonyl (C=O) groups is 1. The second-order valence-corrected chi connectivity index (χ2v) is 8.60. The van der Waals surface area contributed by atoms with Crippen molar-refractivity contribution in [3.63, 3.8) is 0 Å². The van der Waals surface area contributed by atoms with Gasteiger partial charge >= 0.3 is 0 Å². The number of amides is 1. The van der Waals surface area contributed by atoms with E-state index in [2.05, 4.69) is 35.8 Å². The highest BCUT2D eigenvalue weighted by atomic mass is 16.2. The molecule has 3 aromatic carbocycles. The molecule has 4 heteroatoms. The molecule has 0 aliphatic carbocycles. The van der Waals surface area contributed by atoms with Gasteiger partial charge in [0.2, 0.25) is 0 Å². The Bertz CT molecular complexity index is 1030. The predicted molar refractivity (Wildman–Crippen MR) is 121 cm³/mol. The van der Waals surface area contributed by atoms with E-state index in [0.29, 0.717) is 0 Å². The number of hydrazone groups is 1. The molecule has 1 aliphatic rings. The Morgan fingerprint density at radius 3 is 1.97 bits per heavy atom. The summed E-state index contributed by atoms with van der Waals surface area (Å²) < 4.78 is 0. The van der Waals surface area contributed by atoms with Crippen LogP contribution in [0.5, 0.6) is 0 Å². The van der Waals surface area contributed by atoms with Crippen LogP contribution in [0.25, 0.3) is 0 Å². The van der Waals surface area contributed by atoms with Crippen molar-refractivity contribution in [1.29, 1.82) is 0 Å². The van der Waals surface area contributed by atoms with Gasteiger partial charge in [-0.15, -0.1) is 0 Å². The summed E-state index contributed by atoms with van der Waals surface area (Å²) in [6.45, 7) is 6.18. The van der Waals surface area contributed by atoms with Crippen LogP contribution >= 0.6 is 0 Å². The van der Waals surface area contributed by atoms with Gasteiger partial charge in [-0.25, -0.2) is 5.43 Å². The molecule has 0 fully saturated rings. The van der Waals surface area contributed by atoms with Crippen LogP contribution in [0.1, 0.15) is 43.0 Å². The second kappa shape index (κ2) is 7.88. The van der Waals surface area contributed by atoms with Gasteiger partial charge in [0.15, 0.2) is 0 Å². The lowest BCUT2D eigenvalue weighted by molar-refractivity contribution is -0.128. The molecule has 2 N–H and O–H groups in total. The van der Waals surface area contributed by atoms with E-state index in [1.807, 2.05) is 85.8 Å². The van der Waals surface area contributed by atoms with Crippen LogP contribution in [0, 0.1) is 0 Å². The SMILES string of the molecule is CC1(C)Cc2ccccc2[C@](C)(C(=O)NN=C(c2ccccc2)c2ccccc2)N1. The number of rotatable bonds is 4. The molecule has 30 heavy (non-hydrogen) atoms. The van der Waals surface area contributed by atoms with Crippen molar-refractivity contribution in [2.75, 3.05) is 0 Å². The maximum atomic E-state index is 13.5. The molecule has 0 radical (unpaired) electrons. The zero-order valence-corrected chi connectivity index (χ0v) is 17.6. The highest BCUT2D eigenvalue weighted by Gasteiger charge is 2.44. The van der Waals surface area contributed by atoms with E-state index in [1.165, 1.54) is 5.56 Å². The zero-order chi connectivity index (χ0) is 21.2. The molecule has 0 spiro atoms. The van der Waals surface area contributed by atoms with Crippen LogP contribution in [-0.4, -0.2) is 17.2 Å². The van der Waals surface area contributed by atoms with Crippen molar-refractivity contribution in [3.05, 3.63) is 107 Å². The molecule has 4 nitrogen and oxygen atoms in total. The number of nitrogens with one attached hydrogen (secondary N) is 2. The molecule has 1 heterocycles. The minimum atomic E-state index is -0.875. The van der Waals surface area contributed by atoms with Crippen molar-refractivity contribution >= 4 is 11.6 Å². The van der Waals surface area contributed by atoms with Gasteiger partial charge in [-0.3, -0.25) is 10.1 Å². The van der Waals surface area contributed by atoms with E-state index in [4.69, 9.17) is 0 Å². The number of hydrogen-bond donors (Lipinski definition) is 2. The fraction of sp³-hybridized carbons (Fsp3) is 0.231. The quantitative estimate of drug-likeness (QED) is 0.507. The molecule has 0 bridgehead atoms. The minimum Gasteiger partial charge on any atom is -0.294 e. The van der Waals surface area contributed by atoms with E-state index in [9.17, 15) is 4.79 Å². The van der Waals surface area contributed by atoms with E-state index in [1.54, 1.807) is 0 Å². The monoisotopic (exact) mass is 397 g/mol. The van der Waals surface area contributed by atoms with Gasteiger partial charge in [-0.05, 0) is 38.3 Å². The molecule has 1 amide bonds. The molecule has 0 aromatic heterocycles. The number of carbonyl (C=O) groups excluding carboxylic acids is 1. The Hall–Kier alpha value is -3.24. The summed E-state index contributed by atoms with van der Waals surface area (Å²) in [5.41, 5.74) is 6.60. The van der Waals surface area contributed by atoms with Crippen LogP contribution in [0.4, 0.5) is 0 Å². The van der Waals surface area contributed by atoms with E-state index >= 15 is 0 Å². The number of hydrogen-bond acceptors (Lipinski definition) is 3. The zero-order valence-electron chi connectivity index (χ0n) is 17.6. The van der Waals surface area contributed by atoms with Crippen LogP contribution in [0.15, 0.2) is 90.0 Å². The van der Waals surface area contributed by atoms with Gasteiger partial charge in [-0.1, -0.05) is 84.9 Å². The van der Waals surface area contributed by atoms with Crippen molar-refractivity contribution in [1.82, 2.24) is 10.7 Å². The Morgan fingerprint density at radius 2 is 1.37 bits per heavy atom. The molecule has 0 unspecified atom stereocenters. The highest BCUT2D eigenvalue weighted by Crippen LogP contribution is 2.34. The van der Waals surface area contributed by atoms with Crippen molar-refractivity contribution in [3.8, 4) is 0 Å². The van der Waals surface area contributed by atoms with Crippen LogP contribution in [0.2, 0.25) is 0 Å². The first-order valence-corrected chi connectivity index (χ1v) is 10.3. The first-order valence-electron chi connectivity index (χ1n) is 10.3. The molecule has 1 atom stereocenters. The third-order valence-electron chi connectivity index (χ3n) is 5.59. The first-order chi connectivity index (χ1) is 14.4. The smallest absolute Gasteiger partial charge is 0.264 e. The van der Waals surface area contributed by atoms with Crippen molar-refractivity contribution in [2.24, 2.45) is 5.10 Å². The molecular formula is C26H27N3O. The average Bonchev–Trinajstić information content (AvgIpc) is 2.74. The first kappa shape index (κ1) is 20.0. The molecule has 152 valence electrons. The van der Waals surface area contributed by atoms with Crippen LogP contribution < -0.4 is 10.7 Å². The van der Waals surface area contributed by atoms with Crippen molar-refractivity contribution in [2.45, 2.75) is 38.3 Å². The van der Waals surface area contributed by atoms with Crippen LogP contribution in [-0.2, 0) is 16.8 Å². The van der Waals surface area contributed by atoms with Gasteiger partial charge in [0.25, 0.3) is 5.91 Å². The van der Waals surface area contributed by atoms with Gasteiger partial charge < -0.3 is 0 Å². The lowest BCUT2D eigenvalue weighted by Gasteiger charge is -2.44. The predicted octanol–water partition coefficient (Wildman–Crippen LogP) is 4.39. The summed E-state index contributed by atoms with van der Waals surface area (Å²) in [6, 6.07) is 27.9. The Labute approximate surface area is 178 Å². The van der Waals surface area contributed by atoms with E-state index in [0.717, 1.165) is 28.8 Å². The molecule has 1 aliphatic heterocycles. The maximum Gasteiger partial charge on any atom is 0.264 e. The minimum absolute atomic E-state index is 0.174. The Balaban J connectivity index is 1.71. The maximum absolute atomic E-state index is 13.5. The fourth-order valence-electron chi connectivity index (χ4n) is 4.31. The largest absolute Gasteiger partial charge is 0.294 e. The molecule has 0 saturated heterocycles. The third kappa shape index (κ3) is 3.91. The van der Waals surface area contributed by atoms with Crippen LogP contribution in [0.3, 0.4) is 0 Å². The number of fused-ring (bicyclic) bond motifs is 1. The summed E-state index contributed by atoms with van der Waals surface area (Å²) in [5, 5.41) is 8.13. The fourth-order valence-corrected chi connectivity index (χ4v) is 4.31. The molecule has 3 aromatic rings. The Morgan fingerprint density at radius 1 is 0.833 bits per heavy atom. The summed E-state index contributed by atoms with van der Waals surface area (Å²) >= 11 is 0. The highest BCUT2D eigenvalue weighted by molar-refractivity contribution is 6.13. The number of benzene rings is 3. The standard InChI is InChI=1S/C26H27N3O/c1-25(2)18-21-16-10-11-17-22(21)26(3,29-25)24(30)28-27-23(19-12-6-4-7-13-19)20-14-8-5-9-15-20/h4-17,29H,18H2,1-3H3,(H,28,30)/t26-/m1/s1. The van der Waals surface area contributed by atoms with E-state index in [-0.39, 0.29) is 11.4 Å². The summed E-state index contributed by atoms with van der Waals surface area (Å²) in [5.74, 6) is -0.174. The second-order valence-electron chi connectivity index (χ2n) is 8.60. The topological polar surface area (TPSA) is 53.5 Å². The summed E-state index contributed by atoms with van der Waals surface area (Å²) in [7, 11) is 0. The van der Waals surface area contributed by atoms with Gasteiger partial charge in [-0.2, -0.15) is 5.10 Å². The lowest BCUT2D eigenvalue weighted by atomic mass is 9.76. The molecule has 0 saturated carbocycles. The van der Waals surface area contributed by atoms with Gasteiger partial charge in [0, 0.05) is 16.7 Å². The van der Waals surface area contributed by atoms with Gasteiger partial charge in [0.1, 0.15) is 5.54 Å². The third-order valence-corrected chi connectivity index (χ3v) is 5.59. The average molecular weight is 398 g/mol. The van der Waals surface area contributed by atoms with Gasteiger partial charge in [0.05, 0.1) is 5.71 Å².